The molecule has 1 aromatic heterocycles. The normalized spacial score (nSPS) is 10.7. The van der Waals surface area contributed by atoms with E-state index in [0.29, 0.717) is 10.7 Å². The summed E-state index contributed by atoms with van der Waals surface area (Å²) in [6, 6.07) is 9.82. The highest BCUT2D eigenvalue weighted by Gasteiger charge is 2.22. The quantitative estimate of drug-likeness (QED) is 0.259. The number of halogens is 1. The molecule has 2 aromatic carbocycles. The molecule has 0 fully saturated rings. The number of fused-ring (bicyclic) bond motifs is 1. The highest BCUT2D eigenvalue weighted by molar-refractivity contribution is 6.30. The first-order chi connectivity index (χ1) is 15.4. The fraction of sp³-hybridized carbons (Fsp3) is 0.370. The maximum absolute atomic E-state index is 12.1. The molecule has 0 radical (unpaired) electrons. The number of hydrogen-bond donors (Lipinski definition) is 2. The van der Waals surface area contributed by atoms with Gasteiger partial charge in [-0.2, -0.15) is 0 Å². The molecule has 33 heavy (non-hydrogen) atoms. The molecule has 5 nitrogen and oxygen atoms in total. The zero-order chi connectivity index (χ0) is 25.5. The Balaban J connectivity index is 0.000000689. The summed E-state index contributed by atoms with van der Waals surface area (Å²) >= 11 is 6.07. The fourth-order valence-corrected chi connectivity index (χ4v) is 3.77. The van der Waals surface area contributed by atoms with Crippen LogP contribution >= 0.6 is 11.6 Å². The Bertz CT molecular complexity index is 1090. The van der Waals surface area contributed by atoms with Crippen molar-refractivity contribution in [1.29, 1.82) is 0 Å². The van der Waals surface area contributed by atoms with Gasteiger partial charge in [0, 0.05) is 22.6 Å². The van der Waals surface area contributed by atoms with E-state index in [9.17, 15) is 4.79 Å². The van der Waals surface area contributed by atoms with Crippen molar-refractivity contribution in [3.63, 3.8) is 0 Å². The molecule has 0 aliphatic heterocycles. The van der Waals surface area contributed by atoms with E-state index >= 15 is 0 Å². The van der Waals surface area contributed by atoms with Crippen molar-refractivity contribution in [2.75, 3.05) is 12.8 Å². The number of rotatable bonds is 4. The van der Waals surface area contributed by atoms with Crippen molar-refractivity contribution in [3.05, 3.63) is 65.3 Å². The van der Waals surface area contributed by atoms with Gasteiger partial charge in [-0.15, -0.1) is 13.2 Å². The van der Waals surface area contributed by atoms with Gasteiger partial charge >= 0.3 is 5.97 Å². The van der Waals surface area contributed by atoms with Gasteiger partial charge in [0.05, 0.1) is 30.3 Å². The van der Waals surface area contributed by atoms with Crippen LogP contribution in [0.1, 0.15) is 44.5 Å². The van der Waals surface area contributed by atoms with E-state index in [4.69, 9.17) is 27.2 Å². The topological polar surface area (TPSA) is 77.5 Å². The number of carbonyl (C=O) groups is 1. The summed E-state index contributed by atoms with van der Waals surface area (Å²) in [5.41, 5.74) is 12.7. The number of ether oxygens (including phenoxy) is 1. The predicted octanol–water partition coefficient (Wildman–Crippen LogP) is 6.48. The summed E-state index contributed by atoms with van der Waals surface area (Å²) in [7, 11) is 1.40. The highest BCUT2D eigenvalue weighted by Crippen LogP contribution is 2.41. The molecule has 1 heterocycles. The van der Waals surface area contributed by atoms with Gasteiger partial charge in [-0.3, -0.25) is 4.79 Å². The van der Waals surface area contributed by atoms with E-state index in [2.05, 4.69) is 37.6 Å². The number of nitrogen functional groups attached to an aromatic ring is 1. The third-order valence-corrected chi connectivity index (χ3v) is 5.24. The first kappa shape index (κ1) is 28.3. The third-order valence-electron chi connectivity index (χ3n) is 4.98. The van der Waals surface area contributed by atoms with Crippen LogP contribution in [-0.2, 0) is 22.5 Å². The second-order valence-corrected chi connectivity index (χ2v) is 9.05. The number of benzene rings is 2. The van der Waals surface area contributed by atoms with Gasteiger partial charge in [-0.05, 0) is 82.0 Å². The van der Waals surface area contributed by atoms with E-state index in [1.807, 2.05) is 31.2 Å². The molecule has 0 atom stereocenters. The van der Waals surface area contributed by atoms with Crippen molar-refractivity contribution in [2.45, 2.75) is 60.1 Å². The summed E-state index contributed by atoms with van der Waals surface area (Å²) in [4.78, 5) is 12.1. The van der Waals surface area contributed by atoms with E-state index in [-0.39, 0.29) is 12.4 Å². The van der Waals surface area contributed by atoms with Crippen LogP contribution in [0.2, 0.25) is 5.02 Å². The van der Waals surface area contributed by atoms with Crippen LogP contribution in [0.5, 0.6) is 0 Å². The summed E-state index contributed by atoms with van der Waals surface area (Å²) in [5, 5.41) is 10.2. The molecule has 3 rings (SSSR count). The molecule has 0 bridgehead atoms. The summed E-state index contributed by atoms with van der Waals surface area (Å²) in [5.74, 6) is -0.284. The molecule has 180 valence electrons. The van der Waals surface area contributed by atoms with E-state index in [1.54, 1.807) is 20.8 Å². The lowest BCUT2D eigenvalue weighted by molar-refractivity contribution is -0.139. The third kappa shape index (κ3) is 7.11. The van der Waals surface area contributed by atoms with E-state index < -0.39 is 5.60 Å². The number of aryl methyl sites for hydroxylation is 2. The Labute approximate surface area is 202 Å². The second kappa shape index (κ2) is 11.9. The molecule has 0 saturated carbocycles. The molecular formula is C27H37ClN2O3. The van der Waals surface area contributed by atoms with Crippen LogP contribution < -0.4 is 5.73 Å². The Hall–Kier alpha value is -2.76. The zero-order valence-electron chi connectivity index (χ0n) is 20.9. The zero-order valence-corrected chi connectivity index (χ0v) is 21.6. The average Bonchev–Trinajstić information content (AvgIpc) is 3.09. The molecule has 0 amide bonds. The lowest BCUT2D eigenvalue weighted by Gasteiger charge is -2.18. The Morgan fingerprint density at radius 2 is 1.70 bits per heavy atom. The molecule has 3 aromatic rings. The second-order valence-electron chi connectivity index (χ2n) is 8.62. The number of nitrogens with two attached hydrogens (primary N) is 1. The van der Waals surface area contributed by atoms with Gasteiger partial charge < -0.3 is 20.1 Å². The number of hydrogen-bond acceptors (Lipinski definition) is 4. The number of nitrogens with zero attached hydrogens (tertiary/aromatic N) is 1. The number of carbonyl (C=O) groups excluding carboxylic acids is 1. The smallest absolute Gasteiger partial charge is 0.310 e. The van der Waals surface area contributed by atoms with Crippen LogP contribution in [0.25, 0.3) is 22.0 Å². The molecule has 0 unspecified atom stereocenters. The Kier molecular flexibility index (Phi) is 10.2. The van der Waals surface area contributed by atoms with Crippen LogP contribution in [-0.4, -0.2) is 28.4 Å². The van der Waals surface area contributed by atoms with Gasteiger partial charge in [0.2, 0.25) is 0 Å². The number of aliphatic hydroxyl groups is 1. The van der Waals surface area contributed by atoms with Crippen LogP contribution in [0.4, 0.5) is 5.69 Å². The molecule has 0 saturated heterocycles. The maximum Gasteiger partial charge on any atom is 0.310 e. The number of aromatic nitrogens is 1. The van der Waals surface area contributed by atoms with Crippen LogP contribution in [0.3, 0.4) is 0 Å². The molecule has 0 aliphatic rings. The first-order valence-electron chi connectivity index (χ1n) is 10.8. The minimum atomic E-state index is -0.500. The van der Waals surface area contributed by atoms with Crippen molar-refractivity contribution >= 4 is 34.2 Å². The molecule has 3 N–H and O–H groups in total. The summed E-state index contributed by atoms with van der Waals surface area (Å²) < 4.78 is 7.12. The molecule has 0 spiro atoms. The fourth-order valence-electron chi connectivity index (χ4n) is 3.64. The Morgan fingerprint density at radius 1 is 1.18 bits per heavy atom. The SMILES string of the molecule is C=C.CC(C)(C)O.CCn1c(C)cc2c(-c3ccc(Cl)cc3)c(CC(=O)OC)c(C)c(N)c21. The van der Waals surface area contributed by atoms with Crippen LogP contribution in [0.15, 0.2) is 43.5 Å². The van der Waals surface area contributed by atoms with Gasteiger partial charge in [-0.1, -0.05) is 23.7 Å². The molecule has 6 heteroatoms. The first-order valence-corrected chi connectivity index (χ1v) is 11.2. The van der Waals surface area contributed by atoms with E-state index in [1.165, 1.54) is 7.11 Å². The summed E-state index contributed by atoms with van der Waals surface area (Å²) in [6.45, 7) is 18.2. The highest BCUT2D eigenvalue weighted by atomic mass is 35.5. The number of anilines is 1. The lowest BCUT2D eigenvalue weighted by atomic mass is 9.89. The van der Waals surface area contributed by atoms with E-state index in [0.717, 1.165) is 45.4 Å². The number of methoxy groups -OCH3 is 1. The number of esters is 1. The van der Waals surface area contributed by atoms with Crippen molar-refractivity contribution in [2.24, 2.45) is 0 Å². The largest absolute Gasteiger partial charge is 0.469 e. The summed E-state index contributed by atoms with van der Waals surface area (Å²) in [6.07, 6.45) is 0.177. The maximum atomic E-state index is 12.1. The minimum absolute atomic E-state index is 0.177. The standard InChI is InChI=1S/C21H23ClN2O2.C4H10O.C2H4/c1-5-24-12(2)10-17-19(14-6-8-15(22)9-7-14)16(11-18(25)26-4)13(3)20(23)21(17)24;1-4(2,3)5;1-2/h6-10H,5,11,23H2,1-4H3;5H,1-3H3;1-2H2. The molecule has 0 aliphatic carbocycles. The van der Waals surface area contributed by atoms with Crippen molar-refractivity contribution < 1.29 is 14.6 Å². The Morgan fingerprint density at radius 3 is 2.15 bits per heavy atom. The van der Waals surface area contributed by atoms with Gasteiger partial charge in [0.15, 0.2) is 0 Å². The van der Waals surface area contributed by atoms with Gasteiger partial charge in [0.25, 0.3) is 0 Å². The lowest BCUT2D eigenvalue weighted by Crippen LogP contribution is -2.10. The van der Waals surface area contributed by atoms with Gasteiger partial charge in [0.1, 0.15) is 0 Å². The monoisotopic (exact) mass is 472 g/mol. The van der Waals surface area contributed by atoms with Gasteiger partial charge in [-0.25, -0.2) is 0 Å². The van der Waals surface area contributed by atoms with Crippen LogP contribution in [0, 0.1) is 13.8 Å². The van der Waals surface area contributed by atoms with Crippen molar-refractivity contribution in [1.82, 2.24) is 4.57 Å². The minimum Gasteiger partial charge on any atom is -0.469 e. The predicted molar refractivity (Wildman–Crippen MR) is 141 cm³/mol. The average molecular weight is 473 g/mol. The van der Waals surface area contributed by atoms with Crippen molar-refractivity contribution in [3.8, 4) is 11.1 Å². The molecular weight excluding hydrogens is 436 g/mol.